The highest BCUT2D eigenvalue weighted by atomic mass is 16.3. The fraction of sp³-hybridized carbons (Fsp3) is 0.222. The van der Waals surface area contributed by atoms with E-state index in [-0.39, 0.29) is 18.2 Å². The highest BCUT2D eigenvalue weighted by Gasteiger charge is 2.12. The van der Waals surface area contributed by atoms with Gasteiger partial charge in [0, 0.05) is 31.0 Å². The average Bonchev–Trinajstić information content (AvgIpc) is 2.95. The van der Waals surface area contributed by atoms with Crippen LogP contribution in [0, 0.1) is 0 Å². The van der Waals surface area contributed by atoms with Gasteiger partial charge in [0.2, 0.25) is 11.8 Å². The molecule has 0 unspecified atom stereocenters. The molecule has 23 heavy (non-hydrogen) atoms. The normalized spacial score (nSPS) is 10.8. The predicted octanol–water partition coefficient (Wildman–Crippen LogP) is 2.38. The van der Waals surface area contributed by atoms with E-state index in [0.29, 0.717) is 13.1 Å². The zero-order valence-corrected chi connectivity index (χ0v) is 12.9. The molecule has 2 N–H and O–H groups in total. The van der Waals surface area contributed by atoms with Crippen LogP contribution < -0.4 is 10.6 Å². The van der Waals surface area contributed by atoms with Crippen molar-refractivity contribution in [3.05, 3.63) is 48.2 Å². The summed E-state index contributed by atoms with van der Waals surface area (Å²) in [6.45, 7) is 2.29. The predicted molar refractivity (Wildman–Crippen MR) is 89.1 cm³/mol. The van der Waals surface area contributed by atoms with Gasteiger partial charge in [0.15, 0.2) is 0 Å². The lowest BCUT2D eigenvalue weighted by molar-refractivity contribution is -0.121. The van der Waals surface area contributed by atoms with Gasteiger partial charge < -0.3 is 15.1 Å². The van der Waals surface area contributed by atoms with Crippen LogP contribution in [0.2, 0.25) is 0 Å². The van der Waals surface area contributed by atoms with Crippen molar-refractivity contribution in [2.24, 2.45) is 0 Å². The molecule has 0 aliphatic heterocycles. The Kier molecular flexibility index (Phi) is 4.28. The average molecular weight is 310 g/mol. The molecule has 2 aromatic carbocycles. The van der Waals surface area contributed by atoms with Crippen LogP contribution in [0.5, 0.6) is 0 Å². The first-order valence-electron chi connectivity index (χ1n) is 7.54. The molecule has 0 aliphatic carbocycles. The van der Waals surface area contributed by atoms with Gasteiger partial charge in [-0.15, -0.1) is 0 Å². The smallest absolute Gasteiger partial charge is 0.224 e. The quantitative estimate of drug-likeness (QED) is 0.711. The van der Waals surface area contributed by atoms with Gasteiger partial charge in [-0.1, -0.05) is 30.3 Å². The van der Waals surface area contributed by atoms with E-state index >= 15 is 0 Å². The van der Waals surface area contributed by atoms with E-state index in [1.807, 2.05) is 36.4 Å². The lowest BCUT2D eigenvalue weighted by atomic mass is 10.0. The molecule has 0 saturated carbocycles. The topological polar surface area (TPSA) is 71.3 Å². The lowest BCUT2D eigenvalue weighted by Crippen LogP contribution is -2.34. The summed E-state index contributed by atoms with van der Waals surface area (Å²) in [6, 6.07) is 12.0. The van der Waals surface area contributed by atoms with E-state index < -0.39 is 0 Å². The van der Waals surface area contributed by atoms with E-state index in [2.05, 4.69) is 10.6 Å². The molecular weight excluding hydrogens is 292 g/mol. The summed E-state index contributed by atoms with van der Waals surface area (Å²) in [5.74, 6) is -0.197. The van der Waals surface area contributed by atoms with Gasteiger partial charge in [0.25, 0.3) is 0 Å². The van der Waals surface area contributed by atoms with Crippen LogP contribution in [0.1, 0.15) is 12.5 Å². The Morgan fingerprint density at radius 3 is 2.65 bits per heavy atom. The second-order valence-corrected chi connectivity index (χ2v) is 5.43. The van der Waals surface area contributed by atoms with Gasteiger partial charge in [-0.3, -0.25) is 9.59 Å². The van der Waals surface area contributed by atoms with Crippen molar-refractivity contribution in [1.29, 1.82) is 0 Å². The molecule has 118 valence electrons. The molecule has 0 atom stereocenters. The molecule has 0 radical (unpaired) electrons. The maximum Gasteiger partial charge on any atom is 0.224 e. The Morgan fingerprint density at radius 1 is 1.04 bits per heavy atom. The van der Waals surface area contributed by atoms with Crippen LogP contribution in [0.4, 0.5) is 0 Å². The maximum absolute atomic E-state index is 12.1. The number of hydrogen-bond donors (Lipinski definition) is 2. The van der Waals surface area contributed by atoms with E-state index in [9.17, 15) is 9.59 Å². The van der Waals surface area contributed by atoms with Gasteiger partial charge in [0.1, 0.15) is 5.58 Å². The van der Waals surface area contributed by atoms with Crippen molar-refractivity contribution in [3.63, 3.8) is 0 Å². The Hall–Kier alpha value is -2.82. The number of carbonyl (C=O) groups is 2. The lowest BCUT2D eigenvalue weighted by Gasteiger charge is -2.05. The maximum atomic E-state index is 12.1. The van der Waals surface area contributed by atoms with Crippen molar-refractivity contribution in [3.8, 4) is 0 Å². The molecule has 0 bridgehead atoms. The van der Waals surface area contributed by atoms with Crippen LogP contribution in [-0.2, 0) is 16.0 Å². The van der Waals surface area contributed by atoms with Gasteiger partial charge in [-0.05, 0) is 16.8 Å². The van der Waals surface area contributed by atoms with Crippen LogP contribution in [-0.4, -0.2) is 24.9 Å². The highest BCUT2D eigenvalue weighted by molar-refractivity contribution is 6.08. The molecule has 5 heteroatoms. The zero-order valence-electron chi connectivity index (χ0n) is 12.9. The summed E-state index contributed by atoms with van der Waals surface area (Å²) in [5.41, 5.74) is 1.65. The fourth-order valence-corrected chi connectivity index (χ4v) is 2.68. The Morgan fingerprint density at radius 2 is 1.83 bits per heavy atom. The van der Waals surface area contributed by atoms with Gasteiger partial charge in [-0.25, -0.2) is 0 Å². The minimum Gasteiger partial charge on any atom is -0.464 e. The third-order valence-electron chi connectivity index (χ3n) is 3.71. The zero-order chi connectivity index (χ0) is 16.2. The number of nitrogens with one attached hydrogen (secondary N) is 2. The van der Waals surface area contributed by atoms with Crippen LogP contribution in [0.25, 0.3) is 21.7 Å². The molecule has 0 saturated heterocycles. The summed E-state index contributed by atoms with van der Waals surface area (Å²) in [6.07, 6.45) is 1.89. The van der Waals surface area contributed by atoms with E-state index in [1.54, 1.807) is 6.26 Å². The van der Waals surface area contributed by atoms with Crippen molar-refractivity contribution in [2.45, 2.75) is 13.3 Å². The third kappa shape index (κ3) is 3.34. The van der Waals surface area contributed by atoms with Crippen molar-refractivity contribution in [2.75, 3.05) is 13.1 Å². The first-order chi connectivity index (χ1) is 11.1. The third-order valence-corrected chi connectivity index (χ3v) is 3.71. The standard InChI is InChI=1S/C18H18N2O3/c1-12(21)19-8-9-20-17(22)10-14-11-23-16-7-6-13-4-2-3-5-15(13)18(14)16/h2-7,11H,8-10H2,1H3,(H,19,21)(H,20,22). The summed E-state index contributed by atoms with van der Waals surface area (Å²) < 4.78 is 5.58. The molecule has 0 aliphatic rings. The summed E-state index contributed by atoms with van der Waals surface area (Å²) in [5, 5.41) is 8.62. The molecule has 1 aromatic heterocycles. The number of benzene rings is 2. The number of carbonyl (C=O) groups excluding carboxylic acids is 2. The SMILES string of the molecule is CC(=O)NCCNC(=O)Cc1coc2ccc3ccccc3c12. The van der Waals surface area contributed by atoms with Gasteiger partial charge in [-0.2, -0.15) is 0 Å². The molecule has 2 amide bonds. The van der Waals surface area contributed by atoms with Crippen molar-refractivity contribution in [1.82, 2.24) is 10.6 Å². The number of hydrogen-bond acceptors (Lipinski definition) is 3. The number of amides is 2. The molecule has 3 rings (SSSR count). The van der Waals surface area contributed by atoms with Crippen LogP contribution in [0.15, 0.2) is 47.1 Å². The van der Waals surface area contributed by atoms with Gasteiger partial charge in [0.05, 0.1) is 12.7 Å². The largest absolute Gasteiger partial charge is 0.464 e. The Balaban J connectivity index is 1.76. The van der Waals surface area contributed by atoms with Crippen LogP contribution >= 0.6 is 0 Å². The number of fused-ring (bicyclic) bond motifs is 3. The van der Waals surface area contributed by atoms with E-state index in [4.69, 9.17) is 4.42 Å². The molecule has 3 aromatic rings. The summed E-state index contributed by atoms with van der Waals surface area (Å²) >= 11 is 0. The summed E-state index contributed by atoms with van der Waals surface area (Å²) in [4.78, 5) is 22.8. The van der Waals surface area contributed by atoms with Crippen LogP contribution in [0.3, 0.4) is 0 Å². The Labute approximate surface area is 133 Å². The molecular formula is C18H18N2O3. The van der Waals surface area contributed by atoms with E-state index in [0.717, 1.165) is 27.3 Å². The monoisotopic (exact) mass is 310 g/mol. The minimum atomic E-state index is -0.105. The number of rotatable bonds is 5. The summed E-state index contributed by atoms with van der Waals surface area (Å²) in [7, 11) is 0. The minimum absolute atomic E-state index is 0.0917. The molecule has 1 heterocycles. The second-order valence-electron chi connectivity index (χ2n) is 5.43. The molecule has 5 nitrogen and oxygen atoms in total. The number of furan rings is 1. The fourth-order valence-electron chi connectivity index (χ4n) is 2.68. The van der Waals surface area contributed by atoms with Gasteiger partial charge >= 0.3 is 0 Å². The molecule has 0 fully saturated rings. The highest BCUT2D eigenvalue weighted by Crippen LogP contribution is 2.29. The first kappa shape index (κ1) is 15.1. The molecule has 0 spiro atoms. The Bertz CT molecular complexity index is 867. The van der Waals surface area contributed by atoms with E-state index in [1.165, 1.54) is 6.92 Å². The van der Waals surface area contributed by atoms with Crippen molar-refractivity contribution >= 4 is 33.6 Å². The van der Waals surface area contributed by atoms with Crippen molar-refractivity contribution < 1.29 is 14.0 Å². The second kappa shape index (κ2) is 6.52. The first-order valence-corrected chi connectivity index (χ1v) is 7.54.